The van der Waals surface area contributed by atoms with E-state index in [0.29, 0.717) is 18.4 Å². The molecule has 0 unspecified atom stereocenters. The molecule has 0 spiro atoms. The molecule has 254 valence electrons. The average molecular weight is 648 g/mol. The first kappa shape index (κ1) is 37.4. The van der Waals surface area contributed by atoms with Crippen molar-refractivity contribution in [3.63, 3.8) is 0 Å². The summed E-state index contributed by atoms with van der Waals surface area (Å²) in [7, 11) is 0. The molecule has 1 heterocycles. The molecule has 1 aromatic carbocycles. The summed E-state index contributed by atoms with van der Waals surface area (Å²) in [5.41, 5.74) is 17.2. The lowest BCUT2D eigenvalue weighted by Crippen LogP contribution is -2.58. The third-order valence-corrected chi connectivity index (χ3v) is 7.31. The van der Waals surface area contributed by atoms with Gasteiger partial charge in [0, 0.05) is 19.5 Å². The maximum atomic E-state index is 13.5. The van der Waals surface area contributed by atoms with Gasteiger partial charge in [0.15, 0.2) is 5.96 Å². The first-order valence-electron chi connectivity index (χ1n) is 14.9. The van der Waals surface area contributed by atoms with Crippen LogP contribution in [0.15, 0.2) is 35.3 Å². The van der Waals surface area contributed by atoms with Crippen LogP contribution in [0.25, 0.3) is 0 Å². The number of carboxylic acid groups (broad SMARTS) is 1. The number of aliphatic hydroxyl groups excluding tert-OH is 1. The van der Waals surface area contributed by atoms with E-state index in [0.717, 1.165) is 0 Å². The monoisotopic (exact) mass is 647 g/mol. The lowest BCUT2D eigenvalue weighted by Gasteiger charge is -2.26. The second-order valence-electron chi connectivity index (χ2n) is 11.1. The van der Waals surface area contributed by atoms with Crippen LogP contribution in [0, 0.1) is 0 Å². The van der Waals surface area contributed by atoms with Gasteiger partial charge in [-0.05, 0) is 45.1 Å². The van der Waals surface area contributed by atoms with E-state index in [9.17, 15) is 39.0 Å². The van der Waals surface area contributed by atoms with E-state index in [1.54, 1.807) is 30.3 Å². The number of hydrogen-bond acceptors (Lipinski definition) is 9. The fourth-order valence-electron chi connectivity index (χ4n) is 4.77. The molecule has 1 saturated heterocycles. The van der Waals surface area contributed by atoms with Gasteiger partial charge in [0.25, 0.3) is 0 Å². The number of carbonyl (C=O) groups excluding carboxylic acids is 5. The van der Waals surface area contributed by atoms with Gasteiger partial charge in [0.05, 0.1) is 12.6 Å². The summed E-state index contributed by atoms with van der Waals surface area (Å²) in [6.45, 7) is 2.59. The van der Waals surface area contributed by atoms with Gasteiger partial charge < -0.3 is 53.6 Å². The summed E-state index contributed by atoms with van der Waals surface area (Å²) in [6.07, 6.45) is 0.0115. The Kier molecular flexibility index (Phi) is 14.9. The van der Waals surface area contributed by atoms with Crippen molar-refractivity contribution in [3.05, 3.63) is 35.9 Å². The third kappa shape index (κ3) is 12.0. The Balaban J connectivity index is 2.11. The van der Waals surface area contributed by atoms with E-state index < -0.39 is 78.4 Å². The molecular weight excluding hydrogens is 602 g/mol. The van der Waals surface area contributed by atoms with Crippen LogP contribution in [-0.2, 0) is 35.2 Å². The first-order chi connectivity index (χ1) is 21.7. The number of likely N-dealkylation sites (tertiary alicyclic amines) is 1. The molecule has 5 amide bonds. The Labute approximate surface area is 266 Å². The Morgan fingerprint density at radius 1 is 0.978 bits per heavy atom. The van der Waals surface area contributed by atoms with E-state index in [-0.39, 0.29) is 38.3 Å². The molecule has 46 heavy (non-hydrogen) atoms. The highest BCUT2D eigenvalue weighted by Gasteiger charge is 2.36. The number of guanidine groups is 1. The van der Waals surface area contributed by atoms with E-state index in [1.165, 1.54) is 18.7 Å². The molecule has 0 aliphatic carbocycles. The Hall–Kier alpha value is -4.77. The third-order valence-electron chi connectivity index (χ3n) is 7.31. The van der Waals surface area contributed by atoms with Crippen molar-refractivity contribution in [1.82, 2.24) is 26.2 Å². The van der Waals surface area contributed by atoms with Crippen molar-refractivity contribution in [2.24, 2.45) is 22.2 Å². The quantitative estimate of drug-likeness (QED) is 0.0457. The summed E-state index contributed by atoms with van der Waals surface area (Å²) in [5, 5.41) is 29.1. The van der Waals surface area contributed by atoms with Gasteiger partial charge in [-0.25, -0.2) is 4.79 Å². The molecule has 1 aromatic rings. The standard InChI is InChI=1S/C29H45N9O8/c1-16(27(44)38-13-7-11-21(38)28(45)46)35-22(40)15-34-24(41)19(10-6-12-33-29(31)32)36-25(42)20(14-18-8-4-3-5-9-18)37-26(43)23(30)17(2)39/h3-5,8-9,16-17,19-21,23,39H,6-7,10-15,30H2,1-2H3,(H,34,41)(H,35,40)(H,36,42)(H,37,43)(H,45,46)(H4,31,32,33)/t16-,17+,19-,20-,21-,23-/m0/s1. The highest BCUT2D eigenvalue weighted by atomic mass is 16.4. The smallest absolute Gasteiger partial charge is 0.326 e. The molecule has 0 saturated carbocycles. The maximum Gasteiger partial charge on any atom is 0.326 e. The number of aliphatic carboxylic acids is 1. The van der Waals surface area contributed by atoms with Gasteiger partial charge in [0.2, 0.25) is 29.5 Å². The van der Waals surface area contributed by atoms with Crippen molar-refractivity contribution in [3.8, 4) is 0 Å². The predicted octanol–water partition coefficient (Wildman–Crippen LogP) is -3.34. The molecule has 0 aromatic heterocycles. The Morgan fingerprint density at radius 3 is 2.24 bits per heavy atom. The molecule has 0 bridgehead atoms. The number of aliphatic imine (C=N–C) groups is 1. The van der Waals surface area contributed by atoms with Gasteiger partial charge in [-0.1, -0.05) is 30.3 Å². The largest absolute Gasteiger partial charge is 0.480 e. The molecule has 6 atom stereocenters. The minimum absolute atomic E-state index is 0.0430. The van der Waals surface area contributed by atoms with Crippen molar-refractivity contribution in [2.45, 2.75) is 82.3 Å². The van der Waals surface area contributed by atoms with Crippen LogP contribution in [0.2, 0.25) is 0 Å². The summed E-state index contributed by atoms with van der Waals surface area (Å²) < 4.78 is 0. The lowest BCUT2D eigenvalue weighted by atomic mass is 10.0. The number of rotatable bonds is 17. The van der Waals surface area contributed by atoms with Gasteiger partial charge in [-0.2, -0.15) is 0 Å². The topological polar surface area (TPSA) is 285 Å². The summed E-state index contributed by atoms with van der Waals surface area (Å²) in [4.78, 5) is 81.1. The minimum Gasteiger partial charge on any atom is -0.480 e. The van der Waals surface area contributed by atoms with Gasteiger partial charge >= 0.3 is 5.97 Å². The molecule has 12 N–H and O–H groups in total. The number of benzene rings is 1. The van der Waals surface area contributed by atoms with Gasteiger partial charge in [-0.15, -0.1) is 0 Å². The maximum absolute atomic E-state index is 13.5. The number of nitrogens with one attached hydrogen (secondary N) is 4. The molecule has 1 aliphatic rings. The summed E-state index contributed by atoms with van der Waals surface area (Å²) in [5.74, 6) is -4.79. The average Bonchev–Trinajstić information content (AvgIpc) is 3.51. The number of carbonyl (C=O) groups is 6. The molecular formula is C29H45N9O8. The summed E-state index contributed by atoms with van der Waals surface area (Å²) in [6, 6.07) is 3.10. The zero-order valence-corrected chi connectivity index (χ0v) is 26.0. The number of amides is 5. The fourth-order valence-corrected chi connectivity index (χ4v) is 4.77. The predicted molar refractivity (Wildman–Crippen MR) is 167 cm³/mol. The molecule has 17 heteroatoms. The first-order valence-corrected chi connectivity index (χ1v) is 14.9. The lowest BCUT2D eigenvalue weighted by molar-refractivity contribution is -0.149. The minimum atomic E-state index is -1.31. The van der Waals surface area contributed by atoms with Crippen molar-refractivity contribution in [1.29, 1.82) is 0 Å². The summed E-state index contributed by atoms with van der Waals surface area (Å²) >= 11 is 0. The second kappa shape index (κ2) is 18.3. The molecule has 2 rings (SSSR count). The SMILES string of the molecule is C[C@H](NC(=O)CNC(=O)[C@H](CCCN=C(N)N)NC(=O)[C@H](Cc1ccccc1)NC(=O)[C@@H](N)[C@@H](C)O)C(=O)N1CCC[C@H]1C(=O)O. The molecule has 0 radical (unpaired) electrons. The zero-order chi connectivity index (χ0) is 34.4. The molecule has 1 aliphatic heterocycles. The number of carboxylic acids is 1. The molecule has 1 fully saturated rings. The van der Waals surface area contributed by atoms with E-state index in [2.05, 4.69) is 26.3 Å². The van der Waals surface area contributed by atoms with Crippen molar-refractivity contribution < 1.29 is 39.0 Å². The van der Waals surface area contributed by atoms with Gasteiger partial charge in [-0.3, -0.25) is 29.0 Å². The second-order valence-corrected chi connectivity index (χ2v) is 11.1. The van der Waals surface area contributed by atoms with E-state index in [4.69, 9.17) is 17.2 Å². The number of hydrogen-bond donors (Lipinski definition) is 9. The van der Waals surface area contributed by atoms with E-state index in [1.807, 2.05) is 0 Å². The van der Waals surface area contributed by atoms with Crippen LogP contribution < -0.4 is 38.5 Å². The van der Waals surface area contributed by atoms with Crippen LogP contribution in [0.1, 0.15) is 45.1 Å². The number of nitrogens with zero attached hydrogens (tertiary/aromatic N) is 2. The van der Waals surface area contributed by atoms with Crippen LogP contribution in [0.4, 0.5) is 0 Å². The fraction of sp³-hybridized carbons (Fsp3) is 0.552. The number of nitrogens with two attached hydrogens (primary N) is 3. The van der Waals surface area contributed by atoms with Crippen molar-refractivity contribution >= 4 is 41.5 Å². The molecule has 17 nitrogen and oxygen atoms in total. The van der Waals surface area contributed by atoms with Crippen LogP contribution in [0.3, 0.4) is 0 Å². The Morgan fingerprint density at radius 2 is 1.63 bits per heavy atom. The Bertz CT molecular complexity index is 1260. The van der Waals surface area contributed by atoms with Crippen molar-refractivity contribution in [2.75, 3.05) is 19.6 Å². The zero-order valence-electron chi connectivity index (χ0n) is 26.0. The van der Waals surface area contributed by atoms with Crippen LogP contribution in [-0.4, -0.2) is 113 Å². The van der Waals surface area contributed by atoms with E-state index >= 15 is 0 Å². The normalized spacial score (nSPS) is 17.4. The van der Waals surface area contributed by atoms with Crippen LogP contribution >= 0.6 is 0 Å². The highest BCUT2D eigenvalue weighted by molar-refractivity contribution is 5.95. The highest BCUT2D eigenvalue weighted by Crippen LogP contribution is 2.18. The number of aliphatic hydroxyl groups is 1. The van der Waals surface area contributed by atoms with Crippen LogP contribution in [0.5, 0.6) is 0 Å². The van der Waals surface area contributed by atoms with Gasteiger partial charge in [0.1, 0.15) is 30.2 Å².